The molecule has 2 N–H and O–H groups in total. The third kappa shape index (κ3) is 3.65. The molecular weight excluding hydrogens is 367 g/mol. The van der Waals surface area contributed by atoms with Gasteiger partial charge in [-0.3, -0.25) is 4.79 Å². The van der Waals surface area contributed by atoms with E-state index < -0.39 is 0 Å². The van der Waals surface area contributed by atoms with Crippen LogP contribution in [-0.2, 0) is 4.79 Å². The molecule has 0 bridgehead atoms. The molecule has 4 rings (SSSR count). The van der Waals surface area contributed by atoms with Crippen molar-refractivity contribution in [1.82, 2.24) is 20.3 Å². The van der Waals surface area contributed by atoms with Gasteiger partial charge in [0.15, 0.2) is 0 Å². The quantitative estimate of drug-likeness (QED) is 0.640. The van der Waals surface area contributed by atoms with Crippen LogP contribution in [0.15, 0.2) is 78.9 Å². The van der Waals surface area contributed by atoms with Crippen molar-refractivity contribution >= 4 is 22.5 Å². The van der Waals surface area contributed by atoms with Gasteiger partial charge < -0.3 is 10.3 Å². The largest absolute Gasteiger partial charge is 0.345 e. The van der Waals surface area contributed by atoms with Crippen molar-refractivity contribution in [3.63, 3.8) is 0 Å². The summed E-state index contributed by atoms with van der Waals surface area (Å²) in [4.78, 5) is 23.9. The summed E-state index contributed by atoms with van der Waals surface area (Å²) in [6, 6.07) is 6.61. The lowest BCUT2D eigenvalue weighted by atomic mass is 10.0. The highest BCUT2D eigenvalue weighted by atomic mass is 19.1. The lowest BCUT2D eigenvalue weighted by Gasteiger charge is -2.09. The highest BCUT2D eigenvalue weighted by Crippen LogP contribution is 2.34. The van der Waals surface area contributed by atoms with Gasteiger partial charge >= 0.3 is 0 Å². The van der Waals surface area contributed by atoms with Gasteiger partial charge in [0.2, 0.25) is 0 Å². The lowest BCUT2D eigenvalue weighted by Crippen LogP contribution is -2.22. The molecule has 3 aromatic rings. The van der Waals surface area contributed by atoms with Gasteiger partial charge in [-0.2, -0.15) is 0 Å². The van der Waals surface area contributed by atoms with E-state index in [2.05, 4.69) is 26.8 Å². The van der Waals surface area contributed by atoms with E-state index in [0.29, 0.717) is 40.2 Å². The maximum absolute atomic E-state index is 14.5. The minimum absolute atomic E-state index is 0.247. The molecule has 0 saturated heterocycles. The van der Waals surface area contributed by atoms with Gasteiger partial charge in [-0.05, 0) is 37.1 Å². The molecule has 1 aliphatic rings. The van der Waals surface area contributed by atoms with E-state index >= 15 is 0 Å². The van der Waals surface area contributed by atoms with Crippen molar-refractivity contribution in [2.75, 3.05) is 0 Å². The van der Waals surface area contributed by atoms with E-state index in [0.717, 1.165) is 11.0 Å². The smallest absolute Gasteiger partial charge is 0.250 e. The third-order valence-electron chi connectivity index (χ3n) is 4.64. The molecule has 0 spiro atoms. The number of hydrogen-bond donors (Lipinski definition) is 2. The Morgan fingerprint density at radius 3 is 2.86 bits per heavy atom. The molecule has 0 unspecified atom stereocenters. The summed E-state index contributed by atoms with van der Waals surface area (Å²) in [6.07, 6.45) is 11.5. The zero-order valence-electron chi connectivity index (χ0n) is 15.9. The number of allylic oxidation sites excluding steroid dienone is 5. The van der Waals surface area contributed by atoms with E-state index in [-0.39, 0.29) is 11.7 Å². The maximum Gasteiger partial charge on any atom is 0.250 e. The number of aromatic nitrogens is 3. The van der Waals surface area contributed by atoms with Gasteiger partial charge in [0.05, 0.1) is 11.1 Å². The van der Waals surface area contributed by atoms with Crippen molar-refractivity contribution in [2.24, 2.45) is 0 Å². The van der Waals surface area contributed by atoms with Crippen molar-refractivity contribution in [3.05, 3.63) is 90.5 Å². The Kier molecular flexibility index (Phi) is 4.91. The summed E-state index contributed by atoms with van der Waals surface area (Å²) in [7, 11) is 0. The molecule has 0 radical (unpaired) electrons. The Morgan fingerprint density at radius 2 is 2.07 bits per heavy atom. The number of carbonyl (C=O) groups excluding carboxylic acids is 1. The molecule has 1 aliphatic carbocycles. The number of nitrogens with zero attached hydrogens (tertiary/aromatic N) is 2. The van der Waals surface area contributed by atoms with Crippen LogP contribution in [0, 0.1) is 5.82 Å². The van der Waals surface area contributed by atoms with Crippen LogP contribution >= 0.6 is 0 Å². The standard InChI is InChI=1S/C23H19FN4O/c1-14(2)23(29)28-16-8-4-3-7-15(11-16)21-20-18(12-25-22(20)27-13-26-21)17-9-5-6-10-19(17)24/h4-13H,1,3H2,2H3,(H,28,29)(H,25,26,27). The number of fused-ring (bicyclic) bond motifs is 1. The number of benzene rings is 1. The Hall–Kier alpha value is -3.80. The predicted octanol–water partition coefficient (Wildman–Crippen LogP) is 4.68. The zero-order chi connectivity index (χ0) is 20.4. The van der Waals surface area contributed by atoms with Crippen LogP contribution in [0.4, 0.5) is 4.39 Å². The average molecular weight is 386 g/mol. The first kappa shape index (κ1) is 18.6. The number of halogens is 1. The van der Waals surface area contributed by atoms with Crippen molar-refractivity contribution in [3.8, 4) is 11.1 Å². The molecule has 0 saturated carbocycles. The van der Waals surface area contributed by atoms with E-state index in [1.54, 1.807) is 31.3 Å². The summed E-state index contributed by atoms with van der Waals surface area (Å²) < 4.78 is 14.5. The topological polar surface area (TPSA) is 70.7 Å². The van der Waals surface area contributed by atoms with Gasteiger partial charge in [0, 0.05) is 28.6 Å². The normalized spacial score (nSPS) is 13.6. The van der Waals surface area contributed by atoms with Gasteiger partial charge in [0.25, 0.3) is 5.91 Å². The Balaban J connectivity index is 1.85. The third-order valence-corrected chi connectivity index (χ3v) is 4.64. The number of amides is 1. The van der Waals surface area contributed by atoms with Crippen LogP contribution in [-0.4, -0.2) is 20.9 Å². The number of aromatic amines is 1. The summed E-state index contributed by atoms with van der Waals surface area (Å²) in [6.45, 7) is 5.32. The first-order valence-corrected chi connectivity index (χ1v) is 9.17. The van der Waals surface area contributed by atoms with Crippen molar-refractivity contribution < 1.29 is 9.18 Å². The van der Waals surface area contributed by atoms with Crippen LogP contribution in [0.3, 0.4) is 0 Å². The minimum Gasteiger partial charge on any atom is -0.345 e. The molecule has 2 aromatic heterocycles. The SMILES string of the molecule is C=C(C)C(=O)NC1=CC(c2ncnc3[nH]cc(-c4ccccc4F)c23)=CCC=C1. The molecule has 2 heterocycles. The Bertz CT molecular complexity index is 1220. The van der Waals surface area contributed by atoms with Crippen LogP contribution in [0.25, 0.3) is 27.7 Å². The fourth-order valence-corrected chi connectivity index (χ4v) is 3.22. The number of H-pyrrole nitrogens is 1. The molecule has 1 amide bonds. The number of hydrogen-bond acceptors (Lipinski definition) is 3. The lowest BCUT2D eigenvalue weighted by molar-refractivity contribution is -0.116. The number of carbonyl (C=O) groups is 1. The second-order valence-corrected chi connectivity index (χ2v) is 6.76. The van der Waals surface area contributed by atoms with Crippen LogP contribution in [0.2, 0.25) is 0 Å². The highest BCUT2D eigenvalue weighted by molar-refractivity contribution is 6.02. The molecular formula is C23H19FN4O. The van der Waals surface area contributed by atoms with E-state index in [1.165, 1.54) is 12.4 Å². The summed E-state index contributed by atoms with van der Waals surface area (Å²) in [5.41, 5.74) is 4.32. The molecule has 0 fully saturated rings. The van der Waals surface area contributed by atoms with Crippen molar-refractivity contribution in [2.45, 2.75) is 13.3 Å². The molecule has 0 aliphatic heterocycles. The van der Waals surface area contributed by atoms with E-state index in [1.807, 2.05) is 24.3 Å². The average Bonchev–Trinajstić information content (AvgIpc) is 3.00. The number of rotatable bonds is 4. The summed E-state index contributed by atoms with van der Waals surface area (Å²) in [5.74, 6) is -0.562. The van der Waals surface area contributed by atoms with Gasteiger partial charge in [-0.15, -0.1) is 0 Å². The molecule has 0 atom stereocenters. The van der Waals surface area contributed by atoms with E-state index in [9.17, 15) is 9.18 Å². The fraction of sp³-hybridized carbons (Fsp3) is 0.0870. The first-order valence-electron chi connectivity index (χ1n) is 9.17. The summed E-state index contributed by atoms with van der Waals surface area (Å²) in [5, 5.41) is 3.57. The molecule has 5 nitrogen and oxygen atoms in total. The van der Waals surface area contributed by atoms with Gasteiger partial charge in [0.1, 0.15) is 17.8 Å². The molecule has 29 heavy (non-hydrogen) atoms. The Labute approximate surface area is 167 Å². The summed E-state index contributed by atoms with van der Waals surface area (Å²) >= 11 is 0. The number of nitrogens with one attached hydrogen (secondary N) is 2. The molecule has 1 aromatic carbocycles. The van der Waals surface area contributed by atoms with Gasteiger partial charge in [-0.1, -0.05) is 36.9 Å². The van der Waals surface area contributed by atoms with Crippen molar-refractivity contribution in [1.29, 1.82) is 0 Å². The monoisotopic (exact) mass is 386 g/mol. The molecule has 144 valence electrons. The van der Waals surface area contributed by atoms with Gasteiger partial charge in [-0.25, -0.2) is 14.4 Å². The zero-order valence-corrected chi connectivity index (χ0v) is 15.9. The minimum atomic E-state index is -0.315. The fourth-order valence-electron chi connectivity index (χ4n) is 3.22. The maximum atomic E-state index is 14.5. The first-order chi connectivity index (χ1) is 14.0. The second-order valence-electron chi connectivity index (χ2n) is 6.76. The predicted molar refractivity (Wildman–Crippen MR) is 112 cm³/mol. The van der Waals surface area contributed by atoms with Crippen LogP contribution in [0.5, 0.6) is 0 Å². The molecule has 6 heteroatoms. The highest BCUT2D eigenvalue weighted by Gasteiger charge is 2.18. The van der Waals surface area contributed by atoms with E-state index in [4.69, 9.17) is 0 Å². The second kappa shape index (κ2) is 7.67. The Morgan fingerprint density at radius 1 is 1.24 bits per heavy atom. The van der Waals surface area contributed by atoms with Crippen LogP contribution in [0.1, 0.15) is 19.0 Å². The van der Waals surface area contributed by atoms with Crippen LogP contribution < -0.4 is 5.32 Å².